The maximum absolute atomic E-state index is 13.2. The summed E-state index contributed by atoms with van der Waals surface area (Å²) in [5.74, 6) is -1.43. The van der Waals surface area contributed by atoms with Crippen molar-refractivity contribution in [3.8, 4) is 0 Å². The molecular formula is C20H27F2N3O2S. The van der Waals surface area contributed by atoms with Gasteiger partial charge in [-0.15, -0.1) is 11.8 Å². The molecule has 0 unspecified atom stereocenters. The molecule has 0 saturated carbocycles. The van der Waals surface area contributed by atoms with E-state index in [0.29, 0.717) is 37.6 Å². The highest BCUT2D eigenvalue weighted by molar-refractivity contribution is 8.00. The molecule has 2 fully saturated rings. The zero-order valence-corrected chi connectivity index (χ0v) is 16.9. The number of nitrogens with zero attached hydrogens (tertiary/aromatic N) is 3. The molecule has 154 valence electrons. The zero-order chi connectivity index (χ0) is 19.9. The van der Waals surface area contributed by atoms with E-state index in [-0.39, 0.29) is 17.6 Å². The molecule has 0 radical (unpaired) electrons. The van der Waals surface area contributed by atoms with Crippen molar-refractivity contribution in [2.24, 2.45) is 0 Å². The first-order valence-electron chi connectivity index (χ1n) is 9.88. The highest BCUT2D eigenvalue weighted by Crippen LogP contribution is 2.21. The Bertz CT molecular complexity index is 688. The van der Waals surface area contributed by atoms with Gasteiger partial charge in [-0.25, -0.2) is 8.78 Å². The van der Waals surface area contributed by atoms with E-state index in [4.69, 9.17) is 0 Å². The van der Waals surface area contributed by atoms with Crippen molar-refractivity contribution in [2.75, 3.05) is 51.6 Å². The Morgan fingerprint density at radius 3 is 2.11 bits per heavy atom. The molecule has 28 heavy (non-hydrogen) atoms. The molecule has 0 spiro atoms. The zero-order valence-electron chi connectivity index (χ0n) is 16.0. The molecule has 0 aliphatic carbocycles. The van der Waals surface area contributed by atoms with Gasteiger partial charge in [0.2, 0.25) is 11.8 Å². The van der Waals surface area contributed by atoms with Gasteiger partial charge in [0, 0.05) is 44.2 Å². The minimum absolute atomic E-state index is 0.0202. The quantitative estimate of drug-likeness (QED) is 0.699. The largest absolute Gasteiger partial charge is 0.342 e. The summed E-state index contributed by atoms with van der Waals surface area (Å²) in [5, 5.41) is 0. The van der Waals surface area contributed by atoms with Crippen LogP contribution in [0.4, 0.5) is 8.78 Å². The van der Waals surface area contributed by atoms with Crippen LogP contribution in [-0.4, -0.2) is 78.1 Å². The molecule has 0 aromatic heterocycles. The van der Waals surface area contributed by atoms with Crippen LogP contribution in [0.25, 0.3) is 0 Å². The molecule has 3 rings (SSSR count). The minimum Gasteiger partial charge on any atom is -0.342 e. The van der Waals surface area contributed by atoms with Crippen molar-refractivity contribution in [1.29, 1.82) is 0 Å². The van der Waals surface area contributed by atoms with Crippen LogP contribution >= 0.6 is 11.8 Å². The SMILES string of the molecule is O=C(CSc1ccc(F)c(F)c1)N1CCN(CC(=O)N2CCCCCC2)CC1. The average Bonchev–Trinajstić information content (AvgIpc) is 2.99. The van der Waals surface area contributed by atoms with Gasteiger partial charge in [0.25, 0.3) is 0 Å². The van der Waals surface area contributed by atoms with Gasteiger partial charge in [-0.05, 0) is 31.0 Å². The molecule has 2 aliphatic rings. The maximum Gasteiger partial charge on any atom is 0.236 e. The van der Waals surface area contributed by atoms with Crippen molar-refractivity contribution in [3.05, 3.63) is 29.8 Å². The Hall–Kier alpha value is -1.67. The number of rotatable bonds is 5. The topological polar surface area (TPSA) is 43.9 Å². The highest BCUT2D eigenvalue weighted by Gasteiger charge is 2.24. The number of likely N-dealkylation sites (tertiary alicyclic amines) is 1. The van der Waals surface area contributed by atoms with Crippen LogP contribution in [0.2, 0.25) is 0 Å². The van der Waals surface area contributed by atoms with Crippen LogP contribution in [-0.2, 0) is 9.59 Å². The van der Waals surface area contributed by atoms with Gasteiger partial charge in [0.1, 0.15) is 0 Å². The number of hydrogen-bond acceptors (Lipinski definition) is 4. The third-order valence-corrected chi connectivity index (χ3v) is 6.27. The normalized spacial score (nSPS) is 18.8. The number of benzene rings is 1. The number of piperazine rings is 1. The minimum atomic E-state index is -0.903. The number of amides is 2. The second-order valence-electron chi connectivity index (χ2n) is 7.32. The predicted octanol–water partition coefficient (Wildman–Crippen LogP) is 2.60. The first kappa shape index (κ1) is 21.0. The lowest BCUT2D eigenvalue weighted by Crippen LogP contribution is -2.52. The Kier molecular flexibility index (Phi) is 7.67. The van der Waals surface area contributed by atoms with Crippen LogP contribution in [0, 0.1) is 11.6 Å². The summed E-state index contributed by atoms with van der Waals surface area (Å²) in [5.41, 5.74) is 0. The molecule has 0 bridgehead atoms. The van der Waals surface area contributed by atoms with Gasteiger partial charge in [-0.1, -0.05) is 12.8 Å². The van der Waals surface area contributed by atoms with Gasteiger partial charge < -0.3 is 9.80 Å². The number of carbonyl (C=O) groups is 2. The summed E-state index contributed by atoms with van der Waals surface area (Å²) < 4.78 is 26.2. The molecule has 2 aliphatic heterocycles. The Balaban J connectivity index is 1.39. The van der Waals surface area contributed by atoms with Gasteiger partial charge in [-0.2, -0.15) is 0 Å². The van der Waals surface area contributed by atoms with Crippen molar-refractivity contribution < 1.29 is 18.4 Å². The van der Waals surface area contributed by atoms with Crippen LogP contribution in [0.5, 0.6) is 0 Å². The second-order valence-corrected chi connectivity index (χ2v) is 8.37. The third kappa shape index (κ3) is 5.91. The molecule has 8 heteroatoms. The van der Waals surface area contributed by atoms with E-state index in [1.165, 1.54) is 30.7 Å². The first-order valence-corrected chi connectivity index (χ1v) is 10.9. The van der Waals surface area contributed by atoms with E-state index >= 15 is 0 Å². The van der Waals surface area contributed by atoms with Crippen molar-refractivity contribution >= 4 is 23.6 Å². The smallest absolute Gasteiger partial charge is 0.236 e. The highest BCUT2D eigenvalue weighted by atomic mass is 32.2. The summed E-state index contributed by atoms with van der Waals surface area (Å²) in [4.78, 5) is 31.3. The monoisotopic (exact) mass is 411 g/mol. The molecule has 1 aromatic carbocycles. The molecule has 1 aromatic rings. The lowest BCUT2D eigenvalue weighted by atomic mass is 10.2. The Morgan fingerprint density at radius 1 is 0.821 bits per heavy atom. The summed E-state index contributed by atoms with van der Waals surface area (Å²) in [6, 6.07) is 3.66. The Morgan fingerprint density at radius 2 is 1.46 bits per heavy atom. The summed E-state index contributed by atoms with van der Waals surface area (Å²) >= 11 is 1.20. The van der Waals surface area contributed by atoms with Crippen LogP contribution in [0.1, 0.15) is 25.7 Å². The molecular weight excluding hydrogens is 384 g/mol. The van der Waals surface area contributed by atoms with E-state index < -0.39 is 11.6 Å². The second kappa shape index (κ2) is 10.2. The van der Waals surface area contributed by atoms with Crippen LogP contribution in [0.15, 0.2) is 23.1 Å². The van der Waals surface area contributed by atoms with Gasteiger partial charge in [-0.3, -0.25) is 14.5 Å². The van der Waals surface area contributed by atoms with Gasteiger partial charge >= 0.3 is 0 Å². The molecule has 0 atom stereocenters. The molecule has 0 N–H and O–H groups in total. The van der Waals surface area contributed by atoms with Crippen LogP contribution in [0.3, 0.4) is 0 Å². The fourth-order valence-electron chi connectivity index (χ4n) is 3.57. The lowest BCUT2D eigenvalue weighted by molar-refractivity contribution is -0.134. The fourth-order valence-corrected chi connectivity index (χ4v) is 4.39. The van der Waals surface area contributed by atoms with E-state index in [1.54, 1.807) is 4.90 Å². The fraction of sp³-hybridized carbons (Fsp3) is 0.600. The first-order chi connectivity index (χ1) is 13.5. The summed E-state index contributed by atoms with van der Waals surface area (Å²) in [6.07, 6.45) is 4.58. The standard InChI is InChI=1S/C20H27F2N3O2S/c21-17-6-5-16(13-18(17)22)28-15-20(27)25-11-9-23(10-12-25)14-19(26)24-7-3-1-2-4-8-24/h5-6,13H,1-4,7-12,14-15H2. The molecule has 5 nitrogen and oxygen atoms in total. The van der Waals surface area contributed by atoms with E-state index in [2.05, 4.69) is 4.90 Å². The number of halogens is 2. The van der Waals surface area contributed by atoms with Crippen molar-refractivity contribution in [1.82, 2.24) is 14.7 Å². The van der Waals surface area contributed by atoms with Crippen molar-refractivity contribution in [2.45, 2.75) is 30.6 Å². The maximum atomic E-state index is 13.2. The number of carbonyl (C=O) groups excluding carboxylic acids is 2. The van der Waals surface area contributed by atoms with E-state index in [1.807, 2.05) is 4.90 Å². The van der Waals surface area contributed by atoms with Crippen LogP contribution < -0.4 is 0 Å². The summed E-state index contributed by atoms with van der Waals surface area (Å²) in [6.45, 7) is 4.68. The number of thioether (sulfide) groups is 1. The predicted molar refractivity (Wildman–Crippen MR) is 105 cm³/mol. The Labute approximate surface area is 169 Å². The van der Waals surface area contributed by atoms with Crippen molar-refractivity contribution in [3.63, 3.8) is 0 Å². The molecule has 2 heterocycles. The van der Waals surface area contributed by atoms with Gasteiger partial charge in [0.15, 0.2) is 11.6 Å². The van der Waals surface area contributed by atoms with Gasteiger partial charge in [0.05, 0.1) is 12.3 Å². The molecule has 2 amide bonds. The van der Waals surface area contributed by atoms with E-state index in [9.17, 15) is 18.4 Å². The van der Waals surface area contributed by atoms with E-state index in [0.717, 1.165) is 38.1 Å². The lowest BCUT2D eigenvalue weighted by Gasteiger charge is -2.35. The molecule has 2 saturated heterocycles. The summed E-state index contributed by atoms with van der Waals surface area (Å²) in [7, 11) is 0. The average molecular weight is 412 g/mol. The number of hydrogen-bond donors (Lipinski definition) is 0. The third-order valence-electron chi connectivity index (χ3n) is 5.30.